The van der Waals surface area contributed by atoms with Crippen molar-refractivity contribution in [3.63, 3.8) is 0 Å². The molecule has 1 atom stereocenters. The molecule has 0 aromatic heterocycles. The fraction of sp³-hybridized carbons (Fsp3) is 0.600. The summed E-state index contributed by atoms with van der Waals surface area (Å²) in [5.74, 6) is -0.685. The number of carbonyl (C=O) groups excluding carboxylic acids is 2. The second kappa shape index (κ2) is 7.82. The minimum Gasteiger partial charge on any atom is -0.457 e. The zero-order valence-corrected chi connectivity index (χ0v) is 15.9. The van der Waals surface area contributed by atoms with Crippen molar-refractivity contribution in [3.8, 4) is 0 Å². The molecule has 0 heterocycles. The van der Waals surface area contributed by atoms with Gasteiger partial charge in [-0.15, -0.1) is 0 Å². The second-order valence-corrected chi connectivity index (χ2v) is 7.85. The maximum Gasteiger partial charge on any atom is 0.344 e. The van der Waals surface area contributed by atoms with Gasteiger partial charge < -0.3 is 9.47 Å². The summed E-state index contributed by atoms with van der Waals surface area (Å²) in [7, 11) is 0. The summed E-state index contributed by atoms with van der Waals surface area (Å²) in [6.07, 6.45) is 1.08. The number of hydrogen-bond acceptors (Lipinski definition) is 4. The first-order valence-corrected chi connectivity index (χ1v) is 8.45. The van der Waals surface area contributed by atoms with Gasteiger partial charge in [0.15, 0.2) is 6.61 Å². The maximum atomic E-state index is 12.0. The average molecular weight is 334 g/mol. The Kier molecular flexibility index (Phi) is 6.58. The molecule has 1 rings (SSSR count). The Morgan fingerprint density at radius 1 is 1.04 bits per heavy atom. The van der Waals surface area contributed by atoms with Crippen molar-refractivity contribution in [2.45, 2.75) is 66.4 Å². The Balaban J connectivity index is 2.66. The van der Waals surface area contributed by atoms with Gasteiger partial charge in [-0.2, -0.15) is 0 Å². The molecule has 0 radical (unpaired) electrons. The molecule has 0 spiro atoms. The van der Waals surface area contributed by atoms with Crippen LogP contribution in [0, 0.1) is 5.41 Å². The second-order valence-electron chi connectivity index (χ2n) is 7.85. The molecule has 0 aliphatic heterocycles. The Morgan fingerprint density at radius 2 is 1.58 bits per heavy atom. The van der Waals surface area contributed by atoms with Crippen LogP contribution in [-0.4, -0.2) is 24.1 Å². The molecule has 0 N–H and O–H groups in total. The minimum absolute atomic E-state index is 0.193. The van der Waals surface area contributed by atoms with Crippen LogP contribution in [0.3, 0.4) is 0 Å². The molecule has 4 heteroatoms. The lowest BCUT2D eigenvalue weighted by Gasteiger charge is -2.31. The predicted molar refractivity (Wildman–Crippen MR) is 95.1 cm³/mol. The van der Waals surface area contributed by atoms with Crippen molar-refractivity contribution in [3.05, 3.63) is 35.4 Å². The highest BCUT2D eigenvalue weighted by Crippen LogP contribution is 2.37. The third-order valence-corrected chi connectivity index (χ3v) is 4.47. The van der Waals surface area contributed by atoms with E-state index in [0.717, 1.165) is 6.42 Å². The van der Waals surface area contributed by atoms with Gasteiger partial charge in [0.1, 0.15) is 5.60 Å². The third-order valence-electron chi connectivity index (χ3n) is 4.47. The quantitative estimate of drug-likeness (QED) is 0.706. The van der Waals surface area contributed by atoms with Gasteiger partial charge >= 0.3 is 11.9 Å². The van der Waals surface area contributed by atoms with Crippen molar-refractivity contribution in [1.29, 1.82) is 0 Å². The molecule has 0 bridgehead atoms. The molecule has 1 aromatic rings. The van der Waals surface area contributed by atoms with Crippen molar-refractivity contribution < 1.29 is 19.1 Å². The van der Waals surface area contributed by atoms with E-state index in [9.17, 15) is 9.59 Å². The number of esters is 2. The molecule has 134 valence electrons. The van der Waals surface area contributed by atoms with E-state index in [1.165, 1.54) is 5.56 Å². The molecule has 4 nitrogen and oxygen atoms in total. The summed E-state index contributed by atoms with van der Waals surface area (Å²) < 4.78 is 10.1. The Labute approximate surface area is 145 Å². The fourth-order valence-electron chi connectivity index (χ4n) is 2.24. The molecule has 0 saturated carbocycles. The number of ether oxygens (including phenoxy) is 2. The standard InChI is InChI=1S/C20H30O4/c1-8-20(6,7)14(2)15-9-11-16(12-10-15)18(22)23-13-17(21)24-19(3,4)5/h9-12,14H,8,13H2,1-7H3. The van der Waals surface area contributed by atoms with Gasteiger partial charge in [0, 0.05) is 0 Å². The highest BCUT2D eigenvalue weighted by molar-refractivity contribution is 5.90. The van der Waals surface area contributed by atoms with E-state index in [1.807, 2.05) is 12.1 Å². The van der Waals surface area contributed by atoms with Crippen LogP contribution in [-0.2, 0) is 14.3 Å². The maximum absolute atomic E-state index is 12.0. The Morgan fingerprint density at radius 3 is 2.04 bits per heavy atom. The zero-order valence-electron chi connectivity index (χ0n) is 15.9. The molecule has 24 heavy (non-hydrogen) atoms. The fourth-order valence-corrected chi connectivity index (χ4v) is 2.24. The number of benzene rings is 1. The Hall–Kier alpha value is -1.84. The summed E-state index contributed by atoms with van der Waals surface area (Å²) in [5.41, 5.74) is 1.22. The van der Waals surface area contributed by atoms with Crippen LogP contribution >= 0.6 is 0 Å². The van der Waals surface area contributed by atoms with Gasteiger partial charge in [-0.25, -0.2) is 9.59 Å². The Bertz CT molecular complexity index is 564. The van der Waals surface area contributed by atoms with Gasteiger partial charge in [-0.1, -0.05) is 46.2 Å². The van der Waals surface area contributed by atoms with Crippen molar-refractivity contribution in [1.82, 2.24) is 0 Å². The summed E-state index contributed by atoms with van der Waals surface area (Å²) in [6.45, 7) is 13.8. The van der Waals surface area contributed by atoms with E-state index < -0.39 is 17.5 Å². The first-order chi connectivity index (χ1) is 11.0. The van der Waals surface area contributed by atoms with E-state index in [-0.39, 0.29) is 12.0 Å². The largest absolute Gasteiger partial charge is 0.457 e. The van der Waals surface area contributed by atoms with Gasteiger partial charge in [-0.3, -0.25) is 0 Å². The zero-order chi connectivity index (χ0) is 18.5. The van der Waals surface area contributed by atoms with Crippen LogP contribution in [0.2, 0.25) is 0 Å². The molecular weight excluding hydrogens is 304 g/mol. The smallest absolute Gasteiger partial charge is 0.344 e. The lowest BCUT2D eigenvalue weighted by atomic mass is 9.74. The number of carbonyl (C=O) groups is 2. The lowest BCUT2D eigenvalue weighted by molar-refractivity contribution is -0.158. The van der Waals surface area contributed by atoms with Crippen molar-refractivity contribution >= 4 is 11.9 Å². The molecule has 1 unspecified atom stereocenters. The van der Waals surface area contributed by atoms with Gasteiger partial charge in [0.05, 0.1) is 5.56 Å². The van der Waals surface area contributed by atoms with E-state index >= 15 is 0 Å². The van der Waals surface area contributed by atoms with E-state index in [4.69, 9.17) is 9.47 Å². The summed E-state index contributed by atoms with van der Waals surface area (Å²) in [6, 6.07) is 7.39. The number of rotatable bonds is 6. The minimum atomic E-state index is -0.590. The monoisotopic (exact) mass is 334 g/mol. The van der Waals surface area contributed by atoms with Crippen molar-refractivity contribution in [2.75, 3.05) is 6.61 Å². The lowest BCUT2D eigenvalue weighted by Crippen LogP contribution is -2.27. The van der Waals surface area contributed by atoms with Crippen LogP contribution in [0.1, 0.15) is 76.7 Å². The van der Waals surface area contributed by atoms with Gasteiger partial charge in [0.25, 0.3) is 0 Å². The van der Waals surface area contributed by atoms with E-state index in [2.05, 4.69) is 27.7 Å². The molecule has 0 saturated heterocycles. The van der Waals surface area contributed by atoms with Crippen LogP contribution in [0.15, 0.2) is 24.3 Å². The molecule has 0 amide bonds. The van der Waals surface area contributed by atoms with Gasteiger partial charge in [0.2, 0.25) is 0 Å². The normalized spacial score (nSPS) is 13.3. The molecule has 0 aliphatic rings. The summed E-state index contributed by atoms with van der Waals surface area (Å²) in [4.78, 5) is 23.6. The van der Waals surface area contributed by atoms with E-state index in [0.29, 0.717) is 11.5 Å². The molecule has 1 aromatic carbocycles. The van der Waals surface area contributed by atoms with E-state index in [1.54, 1.807) is 32.9 Å². The van der Waals surface area contributed by atoms with Crippen LogP contribution in [0.4, 0.5) is 0 Å². The topological polar surface area (TPSA) is 52.6 Å². The summed E-state index contributed by atoms with van der Waals surface area (Å²) in [5, 5.41) is 0. The SMILES string of the molecule is CCC(C)(C)C(C)c1ccc(C(=O)OCC(=O)OC(C)(C)C)cc1. The van der Waals surface area contributed by atoms with Crippen LogP contribution in [0.25, 0.3) is 0 Å². The van der Waals surface area contributed by atoms with Gasteiger partial charge in [-0.05, 0) is 49.8 Å². The van der Waals surface area contributed by atoms with Crippen LogP contribution < -0.4 is 0 Å². The molecular formula is C20H30O4. The molecule has 0 fully saturated rings. The first-order valence-electron chi connectivity index (χ1n) is 8.45. The van der Waals surface area contributed by atoms with Crippen LogP contribution in [0.5, 0.6) is 0 Å². The summed E-state index contributed by atoms with van der Waals surface area (Å²) >= 11 is 0. The van der Waals surface area contributed by atoms with Crippen molar-refractivity contribution in [2.24, 2.45) is 5.41 Å². The third kappa shape index (κ3) is 5.99. The average Bonchev–Trinajstić information content (AvgIpc) is 2.50. The molecule has 0 aliphatic carbocycles. The highest BCUT2D eigenvalue weighted by Gasteiger charge is 2.25. The number of hydrogen-bond donors (Lipinski definition) is 0. The highest BCUT2D eigenvalue weighted by atomic mass is 16.6. The predicted octanol–water partition coefficient (Wildman–Crippen LogP) is 4.72. The first kappa shape index (κ1) is 20.2.